The molecule has 0 amide bonds. The minimum atomic E-state index is -0.201. The van der Waals surface area contributed by atoms with Crippen LogP contribution in [0.2, 0.25) is 0 Å². The van der Waals surface area contributed by atoms with Gasteiger partial charge >= 0.3 is 11.9 Å². The number of carbonyl (C=O) groups excluding carboxylic acids is 2. The van der Waals surface area contributed by atoms with E-state index in [4.69, 9.17) is 14.2 Å². The van der Waals surface area contributed by atoms with Crippen LogP contribution in [0.5, 0.6) is 0 Å². The Hall–Kier alpha value is -1.36. The summed E-state index contributed by atoms with van der Waals surface area (Å²) in [5.41, 5.74) is 1.59. The third-order valence-corrected chi connectivity index (χ3v) is 9.22. The zero-order valence-corrected chi connectivity index (χ0v) is 19.2. The molecule has 0 aromatic carbocycles. The van der Waals surface area contributed by atoms with Crippen LogP contribution in [0.4, 0.5) is 0 Å². The van der Waals surface area contributed by atoms with Gasteiger partial charge in [-0.1, -0.05) is 19.4 Å². The van der Waals surface area contributed by atoms with Crippen LogP contribution < -0.4 is 0 Å². The molecule has 5 heteroatoms. The molecule has 0 N–H and O–H groups in total. The van der Waals surface area contributed by atoms with Gasteiger partial charge in [0.2, 0.25) is 0 Å². The normalized spacial score (nSPS) is 44.9. The molecule has 4 rings (SSSR count). The van der Waals surface area contributed by atoms with E-state index in [2.05, 4.69) is 19.9 Å². The number of hydrogen-bond donors (Lipinski definition) is 0. The molecular formula is C25H38O5. The fourth-order valence-electron chi connectivity index (χ4n) is 8.12. The lowest BCUT2D eigenvalue weighted by Gasteiger charge is -2.61. The number of rotatable bonds is 4. The molecule has 0 bridgehead atoms. The van der Waals surface area contributed by atoms with Crippen molar-refractivity contribution >= 4 is 11.9 Å². The quantitative estimate of drug-likeness (QED) is 0.490. The summed E-state index contributed by atoms with van der Waals surface area (Å²) >= 11 is 0. The summed E-state index contributed by atoms with van der Waals surface area (Å²) in [7, 11) is 1.82. The van der Waals surface area contributed by atoms with Crippen molar-refractivity contribution in [1.29, 1.82) is 0 Å². The zero-order valence-electron chi connectivity index (χ0n) is 19.2. The summed E-state index contributed by atoms with van der Waals surface area (Å²) < 4.78 is 17.3. The third-order valence-electron chi connectivity index (χ3n) is 9.22. The monoisotopic (exact) mass is 418 g/mol. The van der Waals surface area contributed by atoms with Gasteiger partial charge in [0, 0.05) is 31.8 Å². The lowest BCUT2D eigenvalue weighted by Crippen LogP contribution is -2.57. The minimum Gasteiger partial charge on any atom is -0.462 e. The second kappa shape index (κ2) is 7.96. The first-order valence-corrected chi connectivity index (χ1v) is 11.8. The summed E-state index contributed by atoms with van der Waals surface area (Å²) in [5, 5.41) is 0. The van der Waals surface area contributed by atoms with Crippen LogP contribution in [0, 0.1) is 34.5 Å². The Balaban J connectivity index is 1.66. The maximum atomic E-state index is 11.7. The fourth-order valence-corrected chi connectivity index (χ4v) is 8.12. The predicted octanol–water partition coefficient (Wildman–Crippen LogP) is 4.69. The first-order chi connectivity index (χ1) is 14.2. The van der Waals surface area contributed by atoms with Gasteiger partial charge < -0.3 is 14.2 Å². The van der Waals surface area contributed by atoms with Gasteiger partial charge in [-0.2, -0.15) is 0 Å². The molecule has 5 nitrogen and oxygen atoms in total. The van der Waals surface area contributed by atoms with Crippen LogP contribution >= 0.6 is 0 Å². The molecule has 3 fully saturated rings. The summed E-state index contributed by atoms with van der Waals surface area (Å²) in [6, 6.07) is 0. The van der Waals surface area contributed by atoms with E-state index in [0.717, 1.165) is 45.1 Å². The summed E-state index contributed by atoms with van der Waals surface area (Å²) in [6.45, 7) is 8.47. The molecule has 0 unspecified atom stereocenters. The SMILES string of the molecule is COC[C@@]12C(=C[C@@H](OC(C)=O)C[C@H]1C)CC[C@H]1[C@@H]3CC[C@H](OC(C)=O)[C@@]3(C)CC[C@@H]12. The number of ether oxygens (including phenoxy) is 3. The standard InChI is InChI=1S/C25H38O5/c1-15-12-19(29-16(2)26)13-18-6-7-20-21-8-9-23(30-17(3)27)24(21,4)11-10-22(20)25(15,18)14-28-5/h13,15,19-23H,6-12,14H2,1-5H3/t15-,19+,20+,21+,22+,23+,24+,25+/m1/s1. The summed E-state index contributed by atoms with van der Waals surface area (Å²) in [5.74, 6) is 1.89. The average molecular weight is 419 g/mol. The topological polar surface area (TPSA) is 61.8 Å². The molecule has 168 valence electrons. The van der Waals surface area contributed by atoms with Crippen LogP contribution in [0.15, 0.2) is 11.6 Å². The number of hydrogen-bond acceptors (Lipinski definition) is 5. The first-order valence-electron chi connectivity index (χ1n) is 11.8. The summed E-state index contributed by atoms with van der Waals surface area (Å²) in [4.78, 5) is 23.3. The van der Waals surface area contributed by atoms with Crippen molar-refractivity contribution in [3.8, 4) is 0 Å². The van der Waals surface area contributed by atoms with Crippen molar-refractivity contribution < 1.29 is 23.8 Å². The van der Waals surface area contributed by atoms with Gasteiger partial charge in [-0.25, -0.2) is 0 Å². The smallest absolute Gasteiger partial charge is 0.303 e. The van der Waals surface area contributed by atoms with Gasteiger partial charge in [-0.05, 0) is 74.7 Å². The van der Waals surface area contributed by atoms with Crippen molar-refractivity contribution in [3.63, 3.8) is 0 Å². The van der Waals surface area contributed by atoms with Crippen molar-refractivity contribution in [1.82, 2.24) is 0 Å². The van der Waals surface area contributed by atoms with Crippen molar-refractivity contribution in [3.05, 3.63) is 11.6 Å². The second-order valence-corrected chi connectivity index (χ2v) is 10.6. The van der Waals surface area contributed by atoms with E-state index < -0.39 is 0 Å². The van der Waals surface area contributed by atoms with Crippen molar-refractivity contribution in [2.45, 2.75) is 84.8 Å². The first kappa shape index (κ1) is 21.9. The average Bonchev–Trinajstić information content (AvgIpc) is 2.98. The molecule has 0 spiro atoms. The van der Waals surface area contributed by atoms with E-state index in [1.807, 2.05) is 7.11 Å². The molecule has 0 aromatic rings. The van der Waals surface area contributed by atoms with Crippen LogP contribution in [0.3, 0.4) is 0 Å². The van der Waals surface area contributed by atoms with Gasteiger partial charge in [0.05, 0.1) is 6.61 Å². The van der Waals surface area contributed by atoms with Gasteiger partial charge in [0.15, 0.2) is 0 Å². The molecule has 30 heavy (non-hydrogen) atoms. The maximum Gasteiger partial charge on any atom is 0.303 e. The van der Waals surface area contributed by atoms with Crippen molar-refractivity contribution in [2.75, 3.05) is 13.7 Å². The number of carbonyl (C=O) groups is 2. The van der Waals surface area contributed by atoms with E-state index in [0.29, 0.717) is 23.7 Å². The molecule has 0 radical (unpaired) electrons. The Bertz CT molecular complexity index is 729. The maximum absolute atomic E-state index is 11.7. The molecular weight excluding hydrogens is 380 g/mol. The zero-order chi connectivity index (χ0) is 21.7. The Labute approximate surface area is 180 Å². The minimum absolute atomic E-state index is 0.0369. The Morgan fingerprint density at radius 3 is 2.47 bits per heavy atom. The Morgan fingerprint density at radius 2 is 1.80 bits per heavy atom. The lowest BCUT2D eigenvalue weighted by molar-refractivity contribution is -0.160. The molecule has 0 aromatic heterocycles. The lowest BCUT2D eigenvalue weighted by atomic mass is 9.45. The van der Waals surface area contributed by atoms with E-state index in [9.17, 15) is 9.59 Å². The Kier molecular flexibility index (Phi) is 5.80. The molecule has 0 saturated heterocycles. The number of fused-ring (bicyclic) bond motifs is 5. The van der Waals surface area contributed by atoms with Gasteiger partial charge in [0.25, 0.3) is 0 Å². The third kappa shape index (κ3) is 3.32. The van der Waals surface area contributed by atoms with E-state index in [1.54, 1.807) is 0 Å². The van der Waals surface area contributed by atoms with E-state index in [1.165, 1.54) is 25.8 Å². The van der Waals surface area contributed by atoms with Crippen LogP contribution in [-0.4, -0.2) is 37.9 Å². The largest absolute Gasteiger partial charge is 0.462 e. The van der Waals surface area contributed by atoms with Crippen molar-refractivity contribution in [2.24, 2.45) is 34.5 Å². The van der Waals surface area contributed by atoms with Gasteiger partial charge in [-0.3, -0.25) is 9.59 Å². The molecule has 8 atom stereocenters. The molecule has 0 heterocycles. The predicted molar refractivity (Wildman–Crippen MR) is 114 cm³/mol. The highest BCUT2D eigenvalue weighted by molar-refractivity contribution is 5.66. The van der Waals surface area contributed by atoms with E-state index >= 15 is 0 Å². The molecule has 4 aliphatic carbocycles. The van der Waals surface area contributed by atoms with Crippen LogP contribution in [0.1, 0.15) is 72.6 Å². The molecule has 3 saturated carbocycles. The van der Waals surface area contributed by atoms with E-state index in [-0.39, 0.29) is 35.0 Å². The number of esters is 2. The van der Waals surface area contributed by atoms with Gasteiger partial charge in [0.1, 0.15) is 12.2 Å². The molecule has 4 aliphatic rings. The fraction of sp³-hybridized carbons (Fsp3) is 0.840. The van der Waals surface area contributed by atoms with Crippen LogP contribution in [0.25, 0.3) is 0 Å². The Morgan fingerprint density at radius 1 is 1.07 bits per heavy atom. The highest BCUT2D eigenvalue weighted by Gasteiger charge is 2.62. The van der Waals surface area contributed by atoms with Gasteiger partial charge in [-0.15, -0.1) is 0 Å². The second-order valence-electron chi connectivity index (χ2n) is 10.6. The van der Waals surface area contributed by atoms with Crippen LogP contribution in [-0.2, 0) is 23.8 Å². The highest BCUT2D eigenvalue weighted by atomic mass is 16.5. The summed E-state index contributed by atoms with van der Waals surface area (Å²) in [6.07, 6.45) is 9.71. The highest BCUT2D eigenvalue weighted by Crippen LogP contribution is 2.67. The molecule has 0 aliphatic heterocycles. The number of methoxy groups -OCH3 is 1.